The van der Waals surface area contributed by atoms with Gasteiger partial charge in [0.25, 0.3) is 0 Å². The minimum Gasteiger partial charge on any atom is -0.368 e. The monoisotopic (exact) mass is 220 g/mol. The predicted octanol–water partition coefficient (Wildman–Crippen LogP) is 0.450. The average Bonchev–Trinajstić information content (AvgIpc) is 2.30. The third kappa shape index (κ3) is 2.70. The molecule has 1 aromatic rings. The van der Waals surface area contributed by atoms with Gasteiger partial charge in [-0.15, -0.1) is 0 Å². The van der Waals surface area contributed by atoms with Crippen molar-refractivity contribution in [2.24, 2.45) is 0 Å². The van der Waals surface area contributed by atoms with Crippen molar-refractivity contribution in [2.75, 3.05) is 36.4 Å². The van der Waals surface area contributed by atoms with Crippen LogP contribution in [0.4, 0.5) is 11.5 Å². The van der Waals surface area contributed by atoms with Crippen molar-refractivity contribution < 1.29 is 4.79 Å². The molecule has 0 spiro atoms. The van der Waals surface area contributed by atoms with E-state index < -0.39 is 0 Å². The van der Waals surface area contributed by atoms with Crippen molar-refractivity contribution in [1.29, 1.82) is 0 Å². The number of nitrogens with zero attached hydrogens (tertiary/aromatic N) is 2. The largest absolute Gasteiger partial charge is 0.368 e. The second kappa shape index (κ2) is 4.94. The van der Waals surface area contributed by atoms with Gasteiger partial charge in [0.1, 0.15) is 5.82 Å². The van der Waals surface area contributed by atoms with Gasteiger partial charge in [0, 0.05) is 33.1 Å². The Labute approximate surface area is 94.9 Å². The Hall–Kier alpha value is -1.62. The fraction of sp³-hybridized carbons (Fsp3) is 0.455. The molecular weight excluding hydrogens is 204 g/mol. The lowest BCUT2D eigenvalue weighted by Crippen LogP contribution is -2.43. The molecule has 1 saturated heterocycles. The molecule has 2 heterocycles. The summed E-state index contributed by atoms with van der Waals surface area (Å²) in [5, 5.41) is 5.96. The van der Waals surface area contributed by atoms with Crippen LogP contribution in [0.15, 0.2) is 18.3 Å². The van der Waals surface area contributed by atoms with Crippen molar-refractivity contribution in [1.82, 2.24) is 10.3 Å². The summed E-state index contributed by atoms with van der Waals surface area (Å²) in [5.41, 5.74) is 1.11. The van der Waals surface area contributed by atoms with Gasteiger partial charge in [0.2, 0.25) is 5.91 Å². The number of carbonyl (C=O) groups is 1. The first-order chi connectivity index (χ1) is 7.75. The first-order valence-corrected chi connectivity index (χ1v) is 5.45. The van der Waals surface area contributed by atoms with Crippen molar-refractivity contribution in [3.05, 3.63) is 18.3 Å². The van der Waals surface area contributed by atoms with Crippen LogP contribution in [0.3, 0.4) is 0 Å². The van der Waals surface area contributed by atoms with Gasteiger partial charge in [-0.05, 0) is 12.1 Å². The number of amides is 1. The number of aromatic nitrogens is 1. The molecule has 1 fully saturated rings. The fourth-order valence-corrected chi connectivity index (χ4v) is 1.75. The quantitative estimate of drug-likeness (QED) is 0.759. The highest BCUT2D eigenvalue weighted by Crippen LogP contribution is 2.15. The third-order valence-corrected chi connectivity index (χ3v) is 2.53. The number of piperazine rings is 1. The maximum atomic E-state index is 10.8. The summed E-state index contributed by atoms with van der Waals surface area (Å²) in [6.45, 7) is 5.50. The van der Waals surface area contributed by atoms with Crippen molar-refractivity contribution in [3.63, 3.8) is 0 Å². The molecular formula is C11H16N4O. The Morgan fingerprint density at radius 1 is 1.44 bits per heavy atom. The molecule has 0 saturated carbocycles. The zero-order chi connectivity index (χ0) is 11.4. The molecule has 2 N–H and O–H groups in total. The van der Waals surface area contributed by atoms with Crippen LogP contribution >= 0.6 is 0 Å². The highest BCUT2D eigenvalue weighted by atomic mass is 16.1. The van der Waals surface area contributed by atoms with E-state index in [0.717, 1.165) is 31.9 Å². The molecule has 2 rings (SSSR count). The van der Waals surface area contributed by atoms with E-state index in [4.69, 9.17) is 0 Å². The standard InChI is InChI=1S/C11H16N4O/c1-9(16)14-11-3-2-10(8-13-11)15-6-4-12-5-7-15/h2-3,8,12H,4-7H2,1H3,(H,13,14,16). The summed E-state index contributed by atoms with van der Waals surface area (Å²) in [4.78, 5) is 17.3. The molecule has 86 valence electrons. The molecule has 0 atom stereocenters. The van der Waals surface area contributed by atoms with Gasteiger partial charge < -0.3 is 15.5 Å². The zero-order valence-electron chi connectivity index (χ0n) is 9.36. The molecule has 1 amide bonds. The molecule has 0 aliphatic carbocycles. The fourth-order valence-electron chi connectivity index (χ4n) is 1.75. The van der Waals surface area contributed by atoms with Crippen LogP contribution in [0.25, 0.3) is 0 Å². The number of hydrogen-bond donors (Lipinski definition) is 2. The topological polar surface area (TPSA) is 57.3 Å². The molecule has 1 aromatic heterocycles. The Kier molecular flexibility index (Phi) is 3.36. The van der Waals surface area contributed by atoms with Crippen LogP contribution in [0.2, 0.25) is 0 Å². The van der Waals surface area contributed by atoms with E-state index >= 15 is 0 Å². The summed E-state index contributed by atoms with van der Waals surface area (Å²) >= 11 is 0. The Bertz CT molecular complexity index is 357. The highest BCUT2D eigenvalue weighted by Gasteiger charge is 2.10. The van der Waals surface area contributed by atoms with Crippen LogP contribution in [0.5, 0.6) is 0 Å². The maximum absolute atomic E-state index is 10.8. The lowest BCUT2D eigenvalue weighted by Gasteiger charge is -2.29. The molecule has 5 heteroatoms. The van der Waals surface area contributed by atoms with Crippen LogP contribution in [0, 0.1) is 0 Å². The zero-order valence-corrected chi connectivity index (χ0v) is 9.36. The number of nitrogens with one attached hydrogen (secondary N) is 2. The Balaban J connectivity index is 2.03. The summed E-state index contributed by atoms with van der Waals surface area (Å²) in [6, 6.07) is 3.82. The molecule has 1 aliphatic rings. The third-order valence-electron chi connectivity index (χ3n) is 2.53. The SMILES string of the molecule is CC(=O)Nc1ccc(N2CCNCC2)cn1. The van der Waals surface area contributed by atoms with Gasteiger partial charge in [-0.2, -0.15) is 0 Å². The van der Waals surface area contributed by atoms with E-state index in [2.05, 4.69) is 20.5 Å². The van der Waals surface area contributed by atoms with Crippen LogP contribution in [-0.2, 0) is 4.79 Å². The van der Waals surface area contributed by atoms with Crippen molar-refractivity contribution >= 4 is 17.4 Å². The number of hydrogen-bond acceptors (Lipinski definition) is 4. The van der Waals surface area contributed by atoms with Gasteiger partial charge in [0.15, 0.2) is 0 Å². The van der Waals surface area contributed by atoms with Crippen LogP contribution < -0.4 is 15.5 Å². The van der Waals surface area contributed by atoms with E-state index in [-0.39, 0.29) is 5.91 Å². The van der Waals surface area contributed by atoms with Gasteiger partial charge in [-0.1, -0.05) is 0 Å². The second-order valence-electron chi connectivity index (χ2n) is 3.82. The first-order valence-electron chi connectivity index (χ1n) is 5.45. The molecule has 0 radical (unpaired) electrons. The number of anilines is 2. The van der Waals surface area contributed by atoms with E-state index in [9.17, 15) is 4.79 Å². The smallest absolute Gasteiger partial charge is 0.222 e. The lowest BCUT2D eigenvalue weighted by atomic mass is 10.3. The van der Waals surface area contributed by atoms with Crippen LogP contribution in [-0.4, -0.2) is 37.1 Å². The summed E-state index contributed by atoms with van der Waals surface area (Å²) < 4.78 is 0. The van der Waals surface area contributed by atoms with Gasteiger partial charge in [-0.25, -0.2) is 4.98 Å². The second-order valence-corrected chi connectivity index (χ2v) is 3.82. The molecule has 0 aromatic carbocycles. The number of carbonyl (C=O) groups excluding carboxylic acids is 1. The Morgan fingerprint density at radius 2 is 2.19 bits per heavy atom. The molecule has 16 heavy (non-hydrogen) atoms. The summed E-state index contributed by atoms with van der Waals surface area (Å²) in [7, 11) is 0. The van der Waals surface area contributed by atoms with E-state index in [0.29, 0.717) is 5.82 Å². The van der Waals surface area contributed by atoms with Gasteiger partial charge in [0.05, 0.1) is 11.9 Å². The normalized spacial score (nSPS) is 15.9. The average molecular weight is 220 g/mol. The molecule has 0 unspecified atom stereocenters. The summed E-state index contributed by atoms with van der Waals surface area (Å²) in [5.74, 6) is 0.508. The minimum atomic E-state index is -0.0950. The lowest BCUT2D eigenvalue weighted by molar-refractivity contribution is -0.114. The molecule has 0 bridgehead atoms. The van der Waals surface area contributed by atoms with E-state index in [1.807, 2.05) is 12.1 Å². The molecule has 5 nitrogen and oxygen atoms in total. The predicted molar refractivity (Wildman–Crippen MR) is 63.6 cm³/mol. The summed E-state index contributed by atoms with van der Waals surface area (Å²) in [6.07, 6.45) is 1.80. The first kappa shape index (κ1) is 10.9. The van der Waals surface area contributed by atoms with Gasteiger partial charge in [-0.3, -0.25) is 4.79 Å². The van der Waals surface area contributed by atoms with E-state index in [1.54, 1.807) is 6.20 Å². The van der Waals surface area contributed by atoms with Crippen molar-refractivity contribution in [3.8, 4) is 0 Å². The Morgan fingerprint density at radius 3 is 2.75 bits per heavy atom. The van der Waals surface area contributed by atoms with Crippen molar-refractivity contribution in [2.45, 2.75) is 6.92 Å². The van der Waals surface area contributed by atoms with Crippen LogP contribution in [0.1, 0.15) is 6.92 Å². The molecule has 1 aliphatic heterocycles. The van der Waals surface area contributed by atoms with E-state index in [1.165, 1.54) is 6.92 Å². The minimum absolute atomic E-state index is 0.0950. The highest BCUT2D eigenvalue weighted by molar-refractivity contribution is 5.87. The van der Waals surface area contributed by atoms with Gasteiger partial charge >= 0.3 is 0 Å². The number of rotatable bonds is 2. The maximum Gasteiger partial charge on any atom is 0.222 e. The number of pyridine rings is 1.